The van der Waals surface area contributed by atoms with Crippen molar-refractivity contribution in [3.05, 3.63) is 48.0 Å². The normalized spacial score (nSPS) is 21.5. The van der Waals surface area contributed by atoms with E-state index >= 15 is 0 Å². The molecule has 1 saturated heterocycles. The first kappa shape index (κ1) is 13.4. The van der Waals surface area contributed by atoms with Crippen LogP contribution in [0.15, 0.2) is 42.5 Å². The molecular weight excluding hydrogens is 218 g/mol. The van der Waals surface area contributed by atoms with Gasteiger partial charge < -0.3 is 0 Å². The van der Waals surface area contributed by atoms with E-state index in [9.17, 15) is 0 Å². The molecule has 1 heteroatoms. The molecule has 0 spiro atoms. The van der Waals surface area contributed by atoms with Crippen LogP contribution >= 0.6 is 0 Å². The second-order valence-electron chi connectivity index (χ2n) is 5.22. The Labute approximate surface area is 112 Å². The second kappa shape index (κ2) is 7.38. The third-order valence-corrected chi connectivity index (χ3v) is 3.79. The lowest BCUT2D eigenvalue weighted by molar-refractivity contribution is 0.141. The van der Waals surface area contributed by atoms with Gasteiger partial charge in [-0.15, -0.1) is 0 Å². The van der Waals surface area contributed by atoms with Gasteiger partial charge in [0, 0.05) is 12.6 Å². The van der Waals surface area contributed by atoms with Gasteiger partial charge >= 0.3 is 0 Å². The first-order valence-electron chi connectivity index (χ1n) is 7.33. The lowest BCUT2D eigenvalue weighted by Crippen LogP contribution is -2.38. The van der Waals surface area contributed by atoms with Gasteiger partial charge in [-0.1, -0.05) is 55.8 Å². The molecular formula is C17H25N. The average molecular weight is 243 g/mol. The Kier molecular flexibility index (Phi) is 5.47. The van der Waals surface area contributed by atoms with Crippen molar-refractivity contribution in [1.29, 1.82) is 0 Å². The van der Waals surface area contributed by atoms with E-state index in [0.717, 1.165) is 19.0 Å². The van der Waals surface area contributed by atoms with Gasteiger partial charge in [0.25, 0.3) is 0 Å². The number of hydrogen-bond donors (Lipinski definition) is 0. The number of allylic oxidation sites excluding steroid dienone is 1. The van der Waals surface area contributed by atoms with Gasteiger partial charge in [0.1, 0.15) is 0 Å². The van der Waals surface area contributed by atoms with Gasteiger partial charge in [-0.05, 0) is 37.8 Å². The number of rotatable bonds is 5. The summed E-state index contributed by atoms with van der Waals surface area (Å²) in [4.78, 5) is 2.67. The summed E-state index contributed by atoms with van der Waals surface area (Å²) in [5, 5.41) is 0. The number of likely N-dealkylation sites (tertiary alicyclic amines) is 1. The predicted octanol–water partition coefficient (Wildman–Crippen LogP) is 4.40. The minimum absolute atomic E-state index is 0.752. The first-order valence-corrected chi connectivity index (χ1v) is 7.33. The van der Waals surface area contributed by atoms with Crippen LogP contribution < -0.4 is 0 Å². The molecule has 1 aliphatic heterocycles. The predicted molar refractivity (Wildman–Crippen MR) is 78.5 cm³/mol. The second-order valence-corrected chi connectivity index (χ2v) is 5.22. The molecule has 0 aliphatic carbocycles. The molecule has 1 aliphatic rings. The van der Waals surface area contributed by atoms with E-state index in [1.54, 1.807) is 0 Å². The van der Waals surface area contributed by atoms with Crippen LogP contribution in [0.4, 0.5) is 0 Å². The van der Waals surface area contributed by atoms with E-state index in [-0.39, 0.29) is 0 Å². The monoisotopic (exact) mass is 243 g/mol. The summed E-state index contributed by atoms with van der Waals surface area (Å²) in [6, 6.07) is 11.6. The molecule has 1 fully saturated rings. The molecule has 0 saturated carbocycles. The van der Waals surface area contributed by atoms with Crippen LogP contribution in [-0.2, 0) is 6.54 Å². The average Bonchev–Trinajstić information content (AvgIpc) is 2.42. The largest absolute Gasteiger partial charge is 0.296 e. The summed E-state index contributed by atoms with van der Waals surface area (Å²) >= 11 is 0. The summed E-state index contributed by atoms with van der Waals surface area (Å²) in [5.74, 6) is 0. The molecule has 1 atom stereocenters. The minimum atomic E-state index is 0.752. The number of benzene rings is 1. The van der Waals surface area contributed by atoms with Crippen molar-refractivity contribution in [3.63, 3.8) is 0 Å². The van der Waals surface area contributed by atoms with Gasteiger partial charge in [0.2, 0.25) is 0 Å². The zero-order chi connectivity index (χ0) is 12.6. The highest BCUT2D eigenvalue weighted by atomic mass is 15.2. The molecule has 1 aromatic rings. The third-order valence-electron chi connectivity index (χ3n) is 3.79. The highest BCUT2D eigenvalue weighted by Crippen LogP contribution is 2.22. The van der Waals surface area contributed by atoms with E-state index < -0.39 is 0 Å². The van der Waals surface area contributed by atoms with E-state index in [0.29, 0.717) is 0 Å². The summed E-state index contributed by atoms with van der Waals surface area (Å²) < 4.78 is 0. The molecule has 0 amide bonds. The molecule has 1 heterocycles. The molecule has 0 aromatic heterocycles. The molecule has 0 radical (unpaired) electrons. The van der Waals surface area contributed by atoms with E-state index in [1.165, 1.54) is 37.8 Å². The number of hydrogen-bond acceptors (Lipinski definition) is 1. The zero-order valence-corrected chi connectivity index (χ0v) is 11.5. The quantitative estimate of drug-likeness (QED) is 0.693. The molecule has 0 bridgehead atoms. The van der Waals surface area contributed by atoms with Gasteiger partial charge in [-0.3, -0.25) is 4.90 Å². The lowest BCUT2D eigenvalue weighted by atomic mass is 9.98. The van der Waals surface area contributed by atoms with Crippen LogP contribution in [0.3, 0.4) is 0 Å². The zero-order valence-electron chi connectivity index (χ0n) is 11.5. The van der Waals surface area contributed by atoms with E-state index in [1.807, 2.05) is 0 Å². The summed E-state index contributed by atoms with van der Waals surface area (Å²) in [6.45, 7) is 4.59. The summed E-state index contributed by atoms with van der Waals surface area (Å²) in [7, 11) is 0. The topological polar surface area (TPSA) is 3.24 Å². The van der Waals surface area contributed by atoms with Crippen molar-refractivity contribution in [2.75, 3.05) is 6.54 Å². The first-order chi connectivity index (χ1) is 8.90. The van der Waals surface area contributed by atoms with Crippen LogP contribution in [0.5, 0.6) is 0 Å². The Bertz CT molecular complexity index is 355. The van der Waals surface area contributed by atoms with Crippen molar-refractivity contribution in [2.45, 2.75) is 51.6 Å². The molecule has 2 rings (SSSR count). The van der Waals surface area contributed by atoms with E-state index in [2.05, 4.69) is 54.3 Å². The fourth-order valence-electron chi connectivity index (χ4n) is 2.77. The van der Waals surface area contributed by atoms with Crippen LogP contribution in [-0.4, -0.2) is 17.5 Å². The van der Waals surface area contributed by atoms with Crippen LogP contribution in [0, 0.1) is 0 Å². The van der Waals surface area contributed by atoms with Crippen molar-refractivity contribution < 1.29 is 0 Å². The Balaban J connectivity index is 1.93. The van der Waals surface area contributed by atoms with Gasteiger partial charge in [0.15, 0.2) is 0 Å². The Hall–Kier alpha value is -1.08. The maximum atomic E-state index is 2.67. The SMILES string of the molecule is CC/C=C/C[C@@H]1CCCCN1Cc1ccccc1. The molecule has 1 aromatic carbocycles. The highest BCUT2D eigenvalue weighted by Gasteiger charge is 2.20. The van der Waals surface area contributed by atoms with Crippen molar-refractivity contribution >= 4 is 0 Å². The van der Waals surface area contributed by atoms with E-state index in [4.69, 9.17) is 0 Å². The van der Waals surface area contributed by atoms with Gasteiger partial charge in [-0.25, -0.2) is 0 Å². The van der Waals surface area contributed by atoms with Crippen molar-refractivity contribution in [2.24, 2.45) is 0 Å². The smallest absolute Gasteiger partial charge is 0.0236 e. The van der Waals surface area contributed by atoms with Crippen LogP contribution in [0.25, 0.3) is 0 Å². The molecule has 18 heavy (non-hydrogen) atoms. The van der Waals surface area contributed by atoms with Gasteiger partial charge in [-0.2, -0.15) is 0 Å². The molecule has 1 nitrogen and oxygen atoms in total. The lowest BCUT2D eigenvalue weighted by Gasteiger charge is -2.35. The van der Waals surface area contributed by atoms with Crippen LogP contribution in [0.1, 0.15) is 44.6 Å². The highest BCUT2D eigenvalue weighted by molar-refractivity contribution is 5.14. The van der Waals surface area contributed by atoms with Gasteiger partial charge in [0.05, 0.1) is 0 Å². The Morgan fingerprint density at radius 3 is 2.78 bits per heavy atom. The number of piperidine rings is 1. The molecule has 98 valence electrons. The fourth-order valence-corrected chi connectivity index (χ4v) is 2.77. The maximum absolute atomic E-state index is 2.67. The third kappa shape index (κ3) is 3.99. The molecule has 0 unspecified atom stereocenters. The summed E-state index contributed by atoms with van der Waals surface area (Å²) in [6.07, 6.45) is 11.2. The standard InChI is InChI=1S/C17H25N/c1-2-3-5-12-17-13-8-9-14-18(17)15-16-10-6-4-7-11-16/h3-7,10-11,17H,2,8-9,12-15H2,1H3/b5-3+/t17-/m1/s1. The summed E-state index contributed by atoms with van der Waals surface area (Å²) in [5.41, 5.74) is 1.45. The fraction of sp³-hybridized carbons (Fsp3) is 0.529. The Morgan fingerprint density at radius 1 is 1.17 bits per heavy atom. The van der Waals surface area contributed by atoms with Crippen LogP contribution in [0.2, 0.25) is 0 Å². The van der Waals surface area contributed by atoms with Crippen molar-refractivity contribution in [3.8, 4) is 0 Å². The maximum Gasteiger partial charge on any atom is 0.0236 e. The minimum Gasteiger partial charge on any atom is -0.296 e. The van der Waals surface area contributed by atoms with Crippen molar-refractivity contribution in [1.82, 2.24) is 4.90 Å². The number of nitrogens with zero attached hydrogens (tertiary/aromatic N) is 1. The molecule has 0 N–H and O–H groups in total. The Morgan fingerprint density at radius 2 is 2.00 bits per heavy atom.